The normalized spacial score (nSPS) is 10.5. The highest BCUT2D eigenvalue weighted by atomic mass is 35.5. The van der Waals surface area contributed by atoms with Gasteiger partial charge in [-0.25, -0.2) is 0 Å². The van der Waals surface area contributed by atoms with Gasteiger partial charge in [0, 0.05) is 16.2 Å². The summed E-state index contributed by atoms with van der Waals surface area (Å²) in [5.41, 5.74) is 1.31. The van der Waals surface area contributed by atoms with Crippen LogP contribution in [-0.4, -0.2) is 24.3 Å². The van der Waals surface area contributed by atoms with Crippen LogP contribution in [-0.2, 0) is 5.75 Å². The first-order valence-electron chi connectivity index (χ1n) is 6.12. The minimum absolute atomic E-state index is 0.431. The first kappa shape index (κ1) is 16.5. The van der Waals surface area contributed by atoms with E-state index in [0.717, 1.165) is 10.5 Å². The fourth-order valence-electron chi connectivity index (χ4n) is 1.80. The van der Waals surface area contributed by atoms with Gasteiger partial charge in [0.15, 0.2) is 0 Å². The molecule has 0 unspecified atom stereocenters. The van der Waals surface area contributed by atoms with Gasteiger partial charge in [-0.2, -0.15) is 0 Å². The second-order valence-corrected chi connectivity index (χ2v) is 6.17. The van der Waals surface area contributed by atoms with Crippen LogP contribution in [0.25, 0.3) is 0 Å². The highest BCUT2D eigenvalue weighted by Gasteiger charge is 2.14. The molecule has 21 heavy (non-hydrogen) atoms. The third kappa shape index (κ3) is 4.31. The van der Waals surface area contributed by atoms with E-state index in [9.17, 15) is 10.0 Å². The number of hydrogen-bond donors (Lipinski definition) is 2. The predicted octanol–water partition coefficient (Wildman–Crippen LogP) is 2.97. The van der Waals surface area contributed by atoms with Crippen molar-refractivity contribution in [2.24, 2.45) is 0 Å². The molecule has 0 saturated heterocycles. The topological polar surface area (TPSA) is 49.7 Å². The van der Waals surface area contributed by atoms with Crippen LogP contribution in [0.1, 0.15) is 5.56 Å². The van der Waals surface area contributed by atoms with Crippen LogP contribution >= 0.6 is 35.0 Å². The Morgan fingerprint density at radius 3 is 2.48 bits per heavy atom. The summed E-state index contributed by atoms with van der Waals surface area (Å²) in [6.07, 6.45) is 0. The van der Waals surface area contributed by atoms with Crippen LogP contribution in [0.5, 0.6) is 5.75 Å². The van der Waals surface area contributed by atoms with Crippen molar-refractivity contribution in [2.75, 3.05) is 7.11 Å². The Morgan fingerprint density at radius 2 is 1.86 bits per heavy atom. The minimum Gasteiger partial charge on any atom is -0.496 e. The number of thioether (sulfide) groups is 1. The molecule has 0 heterocycles. The lowest BCUT2D eigenvalue weighted by Gasteiger charge is -2.11. The van der Waals surface area contributed by atoms with Crippen LogP contribution in [0.2, 0.25) is 10.0 Å². The molecule has 0 aliphatic heterocycles. The molecule has 0 saturated carbocycles. The molecule has 0 aromatic heterocycles. The van der Waals surface area contributed by atoms with Crippen LogP contribution in [0.4, 0.5) is 0 Å². The van der Waals surface area contributed by atoms with Gasteiger partial charge in [-0.15, -0.1) is 11.8 Å². The summed E-state index contributed by atoms with van der Waals surface area (Å²) >= 11 is 13.4. The lowest BCUT2D eigenvalue weighted by Crippen LogP contribution is -2.30. The Labute approximate surface area is 138 Å². The summed E-state index contributed by atoms with van der Waals surface area (Å²) in [5, 5.41) is 19.5. The Morgan fingerprint density at radius 1 is 1.10 bits per heavy atom. The van der Waals surface area contributed by atoms with Gasteiger partial charge in [0.2, 0.25) is 0 Å². The molecule has 2 rings (SSSR count). The Bertz CT molecular complexity index is 638. The second-order valence-electron chi connectivity index (χ2n) is 4.31. The highest BCUT2D eigenvalue weighted by molar-refractivity contribution is 7.98. The van der Waals surface area contributed by atoms with Crippen molar-refractivity contribution >= 4 is 47.5 Å². The number of methoxy groups -OCH3 is 1. The third-order valence-electron chi connectivity index (χ3n) is 2.89. The Kier molecular flexibility index (Phi) is 5.84. The molecular weight excluding hydrogens is 330 g/mol. The number of hydrogen-bond acceptors (Lipinski definition) is 4. The molecule has 0 bridgehead atoms. The van der Waals surface area contributed by atoms with Gasteiger partial charge in [-0.3, -0.25) is 0 Å². The van der Waals surface area contributed by atoms with Gasteiger partial charge >= 0.3 is 7.12 Å². The summed E-state index contributed by atoms with van der Waals surface area (Å²) in [7, 11) is 0.0853. The van der Waals surface area contributed by atoms with Gasteiger partial charge in [-0.1, -0.05) is 35.3 Å². The van der Waals surface area contributed by atoms with Crippen molar-refractivity contribution in [3.05, 3.63) is 52.0 Å². The van der Waals surface area contributed by atoms with Crippen LogP contribution in [0, 0.1) is 0 Å². The molecule has 0 atom stereocenters. The van der Waals surface area contributed by atoms with Crippen molar-refractivity contribution in [3.63, 3.8) is 0 Å². The minimum atomic E-state index is -1.50. The summed E-state index contributed by atoms with van der Waals surface area (Å²) in [6.45, 7) is 0. The molecule has 0 radical (unpaired) electrons. The van der Waals surface area contributed by atoms with Crippen LogP contribution in [0.3, 0.4) is 0 Å². The van der Waals surface area contributed by atoms with Crippen molar-refractivity contribution in [2.45, 2.75) is 10.6 Å². The smallest absolute Gasteiger partial charge is 0.488 e. The van der Waals surface area contributed by atoms with Crippen LogP contribution < -0.4 is 10.2 Å². The molecule has 7 heteroatoms. The van der Waals surface area contributed by atoms with Crippen molar-refractivity contribution in [1.29, 1.82) is 0 Å². The zero-order chi connectivity index (χ0) is 15.4. The lowest BCUT2D eigenvalue weighted by atomic mass is 9.79. The fraction of sp³-hybridized carbons (Fsp3) is 0.143. The molecule has 0 amide bonds. The molecule has 2 aromatic carbocycles. The molecular formula is C14H13BCl2O3S. The number of benzene rings is 2. The maximum atomic E-state index is 9.24. The van der Waals surface area contributed by atoms with Gasteiger partial charge < -0.3 is 14.8 Å². The molecule has 0 aliphatic carbocycles. The molecule has 110 valence electrons. The second kappa shape index (κ2) is 7.43. The number of rotatable bonds is 5. The van der Waals surface area contributed by atoms with E-state index in [0.29, 0.717) is 27.0 Å². The van der Waals surface area contributed by atoms with E-state index in [1.54, 1.807) is 49.2 Å². The average Bonchev–Trinajstić information content (AvgIpc) is 2.48. The van der Waals surface area contributed by atoms with E-state index in [2.05, 4.69) is 0 Å². The Hall–Kier alpha value is -0.845. The van der Waals surface area contributed by atoms with Gasteiger partial charge in [0.25, 0.3) is 0 Å². The quantitative estimate of drug-likeness (QED) is 0.648. The lowest BCUT2D eigenvalue weighted by molar-refractivity contribution is 0.410. The first-order valence-corrected chi connectivity index (χ1v) is 7.86. The molecule has 0 aliphatic rings. The van der Waals surface area contributed by atoms with E-state index in [1.807, 2.05) is 6.07 Å². The maximum Gasteiger partial charge on any atom is 0.488 e. The maximum absolute atomic E-state index is 9.24. The molecule has 2 N–H and O–H groups in total. The summed E-state index contributed by atoms with van der Waals surface area (Å²) in [5.74, 6) is 1.31. The first-order chi connectivity index (χ1) is 10.0. The largest absolute Gasteiger partial charge is 0.496 e. The average molecular weight is 343 g/mol. The van der Waals surface area contributed by atoms with Crippen molar-refractivity contribution in [3.8, 4) is 5.75 Å². The molecule has 2 aromatic rings. The highest BCUT2D eigenvalue weighted by Crippen LogP contribution is 2.31. The molecule has 0 fully saturated rings. The van der Waals surface area contributed by atoms with Gasteiger partial charge in [0.05, 0.1) is 17.2 Å². The van der Waals surface area contributed by atoms with E-state index >= 15 is 0 Å². The molecule has 3 nitrogen and oxygen atoms in total. The predicted molar refractivity (Wildman–Crippen MR) is 88.8 cm³/mol. The monoisotopic (exact) mass is 342 g/mol. The zero-order valence-corrected chi connectivity index (χ0v) is 13.5. The number of halogens is 2. The van der Waals surface area contributed by atoms with Crippen LogP contribution in [0.15, 0.2) is 41.3 Å². The molecule has 0 spiro atoms. The van der Waals surface area contributed by atoms with Crippen molar-refractivity contribution < 1.29 is 14.8 Å². The zero-order valence-electron chi connectivity index (χ0n) is 11.2. The van der Waals surface area contributed by atoms with E-state index in [1.165, 1.54) is 0 Å². The fourth-order valence-corrected chi connectivity index (χ4v) is 3.08. The summed E-state index contributed by atoms with van der Waals surface area (Å²) < 4.78 is 5.29. The summed E-state index contributed by atoms with van der Waals surface area (Å²) in [6, 6.07) is 10.5. The van der Waals surface area contributed by atoms with E-state index < -0.39 is 7.12 Å². The van der Waals surface area contributed by atoms with Gasteiger partial charge in [0.1, 0.15) is 5.75 Å². The SMILES string of the molecule is COc1ccc(B(O)O)cc1CSc1ccc(Cl)c(Cl)c1. The summed E-state index contributed by atoms with van der Waals surface area (Å²) in [4.78, 5) is 0.974. The standard InChI is InChI=1S/C14H13BCl2O3S/c1-20-14-5-2-10(15(18)19)6-9(14)8-21-11-3-4-12(16)13(17)7-11/h2-7,18-19H,8H2,1H3. The third-order valence-corrected chi connectivity index (χ3v) is 4.67. The van der Waals surface area contributed by atoms with E-state index in [-0.39, 0.29) is 0 Å². The van der Waals surface area contributed by atoms with E-state index in [4.69, 9.17) is 27.9 Å². The number of ether oxygens (including phenoxy) is 1. The van der Waals surface area contributed by atoms with Gasteiger partial charge in [-0.05, 0) is 29.7 Å². The Balaban J connectivity index is 2.17. The van der Waals surface area contributed by atoms with Crippen molar-refractivity contribution in [1.82, 2.24) is 0 Å².